The van der Waals surface area contributed by atoms with E-state index in [0.717, 1.165) is 25.3 Å². The van der Waals surface area contributed by atoms with Crippen LogP contribution in [0.4, 0.5) is 0 Å². The minimum atomic E-state index is -3.10. The Kier molecular flexibility index (Phi) is 5.24. The highest BCUT2D eigenvalue weighted by Crippen LogP contribution is 2.32. The number of rotatable bonds is 6. The molecule has 1 aliphatic rings. The van der Waals surface area contributed by atoms with Crippen LogP contribution in [0.5, 0.6) is 5.75 Å². The maximum Gasteiger partial charge on any atom is 0.208 e. The molecule has 6 heteroatoms. The van der Waals surface area contributed by atoms with Gasteiger partial charge in [0.05, 0.1) is 13.4 Å². The Labute approximate surface area is 127 Å². The van der Waals surface area contributed by atoms with Gasteiger partial charge >= 0.3 is 0 Å². The van der Waals surface area contributed by atoms with Crippen LogP contribution in [-0.4, -0.2) is 52.4 Å². The minimum Gasteiger partial charge on any atom is -0.497 e. The third-order valence-corrected chi connectivity index (χ3v) is 4.78. The Balaban J connectivity index is 1.90. The van der Waals surface area contributed by atoms with Crippen molar-refractivity contribution in [1.82, 2.24) is 9.62 Å². The van der Waals surface area contributed by atoms with E-state index in [1.807, 2.05) is 12.1 Å². The second kappa shape index (κ2) is 6.77. The summed E-state index contributed by atoms with van der Waals surface area (Å²) in [5, 5.41) is 0. The molecule has 21 heavy (non-hydrogen) atoms. The van der Waals surface area contributed by atoms with Crippen molar-refractivity contribution in [1.29, 1.82) is 0 Å². The zero-order valence-corrected chi connectivity index (χ0v) is 13.7. The van der Waals surface area contributed by atoms with Crippen molar-refractivity contribution in [2.45, 2.75) is 25.3 Å². The predicted octanol–water partition coefficient (Wildman–Crippen LogP) is 1.42. The van der Waals surface area contributed by atoms with Crippen molar-refractivity contribution >= 4 is 10.0 Å². The summed E-state index contributed by atoms with van der Waals surface area (Å²) in [5.74, 6) is 1.38. The number of hydrogen-bond donors (Lipinski definition) is 1. The van der Waals surface area contributed by atoms with E-state index in [4.69, 9.17) is 4.74 Å². The zero-order valence-electron chi connectivity index (χ0n) is 12.9. The van der Waals surface area contributed by atoms with Gasteiger partial charge in [-0.25, -0.2) is 13.1 Å². The molecule has 0 aliphatic carbocycles. The van der Waals surface area contributed by atoms with Gasteiger partial charge in [-0.1, -0.05) is 12.1 Å². The van der Waals surface area contributed by atoms with E-state index in [0.29, 0.717) is 18.5 Å². The highest BCUT2D eigenvalue weighted by Gasteiger charge is 2.29. The first-order chi connectivity index (χ1) is 9.89. The highest BCUT2D eigenvalue weighted by molar-refractivity contribution is 7.88. The second-order valence-corrected chi connectivity index (χ2v) is 7.55. The van der Waals surface area contributed by atoms with Gasteiger partial charge in [0, 0.05) is 25.7 Å². The Hall–Kier alpha value is -1.11. The van der Waals surface area contributed by atoms with Gasteiger partial charge < -0.3 is 4.74 Å². The van der Waals surface area contributed by atoms with Crippen LogP contribution in [0.2, 0.25) is 0 Å². The zero-order chi connectivity index (χ0) is 15.5. The van der Waals surface area contributed by atoms with Gasteiger partial charge in [-0.15, -0.1) is 0 Å². The first kappa shape index (κ1) is 16.3. The molecule has 1 N–H and O–H groups in total. The van der Waals surface area contributed by atoms with E-state index >= 15 is 0 Å². The van der Waals surface area contributed by atoms with Gasteiger partial charge in [-0.05, 0) is 37.0 Å². The molecule has 2 atom stereocenters. The van der Waals surface area contributed by atoms with Crippen molar-refractivity contribution in [2.24, 2.45) is 0 Å². The summed E-state index contributed by atoms with van der Waals surface area (Å²) >= 11 is 0. The van der Waals surface area contributed by atoms with Crippen molar-refractivity contribution in [3.8, 4) is 5.75 Å². The van der Waals surface area contributed by atoms with Crippen LogP contribution in [0.1, 0.15) is 24.8 Å². The molecule has 1 aromatic carbocycles. The lowest BCUT2D eigenvalue weighted by Gasteiger charge is -2.20. The lowest BCUT2D eigenvalue weighted by molar-refractivity contribution is 0.272. The van der Waals surface area contributed by atoms with E-state index in [1.165, 1.54) is 11.8 Å². The number of nitrogens with zero attached hydrogens (tertiary/aromatic N) is 1. The van der Waals surface area contributed by atoms with Gasteiger partial charge in [-0.2, -0.15) is 0 Å². The normalized spacial score (nSPS) is 23.4. The third kappa shape index (κ3) is 4.69. The molecule has 1 heterocycles. The van der Waals surface area contributed by atoms with Crippen molar-refractivity contribution in [3.63, 3.8) is 0 Å². The number of hydrogen-bond acceptors (Lipinski definition) is 4. The highest BCUT2D eigenvalue weighted by atomic mass is 32.2. The molecule has 0 saturated carbocycles. The number of benzene rings is 1. The fraction of sp³-hybridized carbons (Fsp3) is 0.600. The summed E-state index contributed by atoms with van der Waals surface area (Å²) < 4.78 is 29.9. The van der Waals surface area contributed by atoms with E-state index in [-0.39, 0.29) is 0 Å². The second-order valence-electron chi connectivity index (χ2n) is 5.72. The van der Waals surface area contributed by atoms with Crippen LogP contribution in [-0.2, 0) is 10.0 Å². The minimum absolute atomic E-state index is 0.471. The predicted molar refractivity (Wildman–Crippen MR) is 84.2 cm³/mol. The molecule has 0 radical (unpaired) electrons. The van der Waals surface area contributed by atoms with Gasteiger partial charge in [-0.3, -0.25) is 4.90 Å². The van der Waals surface area contributed by atoms with Gasteiger partial charge in [0.1, 0.15) is 5.75 Å². The van der Waals surface area contributed by atoms with Crippen LogP contribution in [0.15, 0.2) is 24.3 Å². The lowest BCUT2D eigenvalue weighted by Crippen LogP contribution is -2.36. The van der Waals surface area contributed by atoms with Crippen LogP contribution < -0.4 is 9.46 Å². The van der Waals surface area contributed by atoms with Gasteiger partial charge in [0.2, 0.25) is 10.0 Å². The number of ether oxygens (including phenoxy) is 1. The third-order valence-electron chi connectivity index (χ3n) is 4.05. The quantitative estimate of drug-likeness (QED) is 0.863. The summed E-state index contributed by atoms with van der Waals surface area (Å²) in [6, 6.07) is 8.70. The van der Waals surface area contributed by atoms with Crippen molar-refractivity contribution < 1.29 is 13.2 Å². The molecule has 0 spiro atoms. The standard InChI is InChI=1S/C15H24N2O3S/c1-12-10-14(13-4-6-15(20-2)7-5-13)11-17(12)9-8-16-21(3,18)19/h4-7,12,14,16H,8-11H2,1-3H3. The first-order valence-electron chi connectivity index (χ1n) is 7.21. The molecular formula is C15H24N2O3S. The van der Waals surface area contributed by atoms with E-state index in [1.54, 1.807) is 7.11 Å². The molecule has 1 aliphatic heterocycles. The molecular weight excluding hydrogens is 288 g/mol. The Morgan fingerprint density at radius 1 is 1.33 bits per heavy atom. The van der Waals surface area contributed by atoms with Crippen molar-refractivity contribution in [3.05, 3.63) is 29.8 Å². The van der Waals surface area contributed by atoms with Crippen LogP contribution >= 0.6 is 0 Å². The molecule has 1 fully saturated rings. The smallest absolute Gasteiger partial charge is 0.208 e. The molecule has 1 saturated heterocycles. The molecule has 1 aromatic rings. The summed E-state index contributed by atoms with van der Waals surface area (Å²) in [5.41, 5.74) is 1.32. The molecule has 2 unspecified atom stereocenters. The van der Waals surface area contributed by atoms with E-state index in [9.17, 15) is 8.42 Å². The molecule has 118 valence electrons. The van der Waals surface area contributed by atoms with Crippen LogP contribution in [0.3, 0.4) is 0 Å². The van der Waals surface area contributed by atoms with E-state index < -0.39 is 10.0 Å². The Morgan fingerprint density at radius 2 is 2.00 bits per heavy atom. The number of nitrogens with one attached hydrogen (secondary N) is 1. The lowest BCUT2D eigenvalue weighted by atomic mass is 9.97. The van der Waals surface area contributed by atoms with Gasteiger partial charge in [0.25, 0.3) is 0 Å². The fourth-order valence-corrected chi connectivity index (χ4v) is 3.36. The average molecular weight is 312 g/mol. The van der Waals surface area contributed by atoms with Crippen LogP contribution in [0, 0.1) is 0 Å². The number of sulfonamides is 1. The topological polar surface area (TPSA) is 58.6 Å². The van der Waals surface area contributed by atoms with Crippen molar-refractivity contribution in [2.75, 3.05) is 33.0 Å². The Morgan fingerprint density at radius 3 is 2.57 bits per heavy atom. The monoisotopic (exact) mass is 312 g/mol. The summed E-state index contributed by atoms with van der Waals surface area (Å²) in [7, 11) is -1.43. The maximum atomic E-state index is 11.1. The SMILES string of the molecule is COc1ccc(C2CC(C)N(CCNS(C)(=O)=O)C2)cc1. The van der Waals surface area contributed by atoms with Crippen LogP contribution in [0.25, 0.3) is 0 Å². The summed E-state index contributed by atoms with van der Waals surface area (Å²) in [6.07, 6.45) is 2.30. The maximum absolute atomic E-state index is 11.1. The summed E-state index contributed by atoms with van der Waals surface area (Å²) in [4.78, 5) is 2.34. The average Bonchev–Trinajstić information content (AvgIpc) is 2.79. The largest absolute Gasteiger partial charge is 0.497 e. The molecule has 0 bridgehead atoms. The molecule has 5 nitrogen and oxygen atoms in total. The molecule has 2 rings (SSSR count). The fourth-order valence-electron chi connectivity index (χ4n) is 2.90. The number of methoxy groups -OCH3 is 1. The number of likely N-dealkylation sites (tertiary alicyclic amines) is 1. The van der Waals surface area contributed by atoms with Gasteiger partial charge in [0.15, 0.2) is 0 Å². The van der Waals surface area contributed by atoms with E-state index in [2.05, 4.69) is 28.7 Å². The Bertz CT molecular complexity index is 557. The first-order valence-corrected chi connectivity index (χ1v) is 9.11. The molecule has 0 aromatic heterocycles. The summed E-state index contributed by atoms with van der Waals surface area (Å²) in [6.45, 7) is 4.39. The molecule has 0 amide bonds.